The quantitative estimate of drug-likeness (QED) is 0.713. The Labute approximate surface area is 164 Å². The molecule has 2 heterocycles. The van der Waals surface area contributed by atoms with Crippen LogP contribution in [0.2, 0.25) is 0 Å². The summed E-state index contributed by atoms with van der Waals surface area (Å²) in [5, 5.41) is 14.5. The van der Waals surface area contributed by atoms with Crippen LogP contribution in [0.5, 0.6) is 0 Å². The minimum absolute atomic E-state index is 0.226. The van der Waals surface area contributed by atoms with Crippen molar-refractivity contribution in [3.05, 3.63) is 59.3 Å². The first kappa shape index (κ1) is 19.7. The lowest BCUT2D eigenvalue weighted by Gasteiger charge is -2.21. The molecule has 1 aliphatic heterocycles. The van der Waals surface area contributed by atoms with Crippen molar-refractivity contribution in [2.24, 2.45) is 0 Å². The molecule has 3 N–H and O–H groups in total. The van der Waals surface area contributed by atoms with E-state index in [9.17, 15) is 9.59 Å². The second-order valence-electron chi connectivity index (χ2n) is 6.96. The molecule has 1 aromatic heterocycles. The van der Waals surface area contributed by atoms with Gasteiger partial charge in [0, 0.05) is 32.4 Å². The molecular formula is C21H26N4O3. The third-order valence-corrected chi connectivity index (χ3v) is 4.85. The largest absolute Gasteiger partial charge is 0.478 e. The molecule has 2 aromatic rings. The molecule has 1 fully saturated rings. The number of benzene rings is 1. The van der Waals surface area contributed by atoms with E-state index in [-0.39, 0.29) is 11.6 Å². The van der Waals surface area contributed by atoms with E-state index in [1.807, 2.05) is 18.3 Å². The number of anilines is 1. The molecule has 0 spiro atoms. The lowest BCUT2D eigenvalue weighted by atomic mass is 10.1. The first-order valence-electron chi connectivity index (χ1n) is 9.65. The highest BCUT2D eigenvalue weighted by atomic mass is 16.4. The van der Waals surface area contributed by atoms with Crippen molar-refractivity contribution in [2.75, 3.05) is 18.0 Å². The molecule has 0 radical (unpaired) electrons. The average Bonchev–Trinajstić information content (AvgIpc) is 3.01. The van der Waals surface area contributed by atoms with Gasteiger partial charge in [0.2, 0.25) is 0 Å². The molecule has 28 heavy (non-hydrogen) atoms. The van der Waals surface area contributed by atoms with E-state index < -0.39 is 5.97 Å². The number of carbonyl (C=O) groups is 2. The molecule has 148 valence electrons. The van der Waals surface area contributed by atoms with Crippen LogP contribution >= 0.6 is 0 Å². The number of amides is 2. The van der Waals surface area contributed by atoms with Crippen LogP contribution < -0.4 is 15.5 Å². The molecule has 2 amide bonds. The number of urea groups is 1. The van der Waals surface area contributed by atoms with Crippen LogP contribution in [-0.2, 0) is 13.1 Å². The van der Waals surface area contributed by atoms with Crippen molar-refractivity contribution in [1.82, 2.24) is 15.6 Å². The molecule has 3 rings (SSSR count). The molecule has 1 aromatic carbocycles. The van der Waals surface area contributed by atoms with E-state index in [0.29, 0.717) is 13.1 Å². The third kappa shape index (κ3) is 5.70. The van der Waals surface area contributed by atoms with Gasteiger partial charge in [-0.15, -0.1) is 0 Å². The molecule has 1 aliphatic rings. The summed E-state index contributed by atoms with van der Waals surface area (Å²) >= 11 is 0. The van der Waals surface area contributed by atoms with E-state index in [1.54, 1.807) is 12.1 Å². The number of carbonyl (C=O) groups excluding carboxylic acids is 1. The predicted octanol–water partition coefficient (Wildman–Crippen LogP) is 3.16. The van der Waals surface area contributed by atoms with Crippen molar-refractivity contribution in [2.45, 2.75) is 38.8 Å². The van der Waals surface area contributed by atoms with Gasteiger partial charge in [0.05, 0.1) is 5.56 Å². The Morgan fingerprint density at radius 3 is 2.07 bits per heavy atom. The van der Waals surface area contributed by atoms with Gasteiger partial charge in [-0.2, -0.15) is 0 Å². The number of hydrogen-bond acceptors (Lipinski definition) is 4. The first-order valence-corrected chi connectivity index (χ1v) is 9.65. The molecule has 1 saturated heterocycles. The fraction of sp³-hybridized carbons (Fsp3) is 0.381. The lowest BCUT2D eigenvalue weighted by molar-refractivity contribution is 0.0697. The molecule has 0 bridgehead atoms. The summed E-state index contributed by atoms with van der Waals surface area (Å²) in [7, 11) is 0. The summed E-state index contributed by atoms with van der Waals surface area (Å²) in [4.78, 5) is 29.7. The summed E-state index contributed by atoms with van der Waals surface area (Å²) < 4.78 is 0. The fourth-order valence-corrected chi connectivity index (χ4v) is 3.20. The topological polar surface area (TPSA) is 94.6 Å². The smallest absolute Gasteiger partial charge is 0.335 e. The standard InChI is InChI=1S/C21H26N4O3/c26-20(27)18-8-5-16(6-9-18)13-23-21(28)24-15-17-7-10-19(22-14-17)25-11-3-1-2-4-12-25/h5-10,14H,1-4,11-13,15H2,(H,26,27)(H2,23,24,28). The van der Waals surface area contributed by atoms with Gasteiger partial charge in [-0.05, 0) is 42.2 Å². The number of nitrogens with zero attached hydrogens (tertiary/aromatic N) is 2. The summed E-state index contributed by atoms with van der Waals surface area (Å²) in [6.07, 6.45) is 6.81. The van der Waals surface area contributed by atoms with Crippen LogP contribution in [-0.4, -0.2) is 35.2 Å². The zero-order valence-corrected chi connectivity index (χ0v) is 15.9. The summed E-state index contributed by atoms with van der Waals surface area (Å²) in [6, 6.07) is 10.2. The SMILES string of the molecule is O=C(NCc1ccc(C(=O)O)cc1)NCc1ccc(N2CCCCCC2)nc1. The second-order valence-corrected chi connectivity index (χ2v) is 6.96. The molecular weight excluding hydrogens is 356 g/mol. The number of hydrogen-bond donors (Lipinski definition) is 3. The van der Waals surface area contributed by atoms with Gasteiger partial charge >= 0.3 is 12.0 Å². The molecule has 7 heteroatoms. The van der Waals surface area contributed by atoms with E-state index in [0.717, 1.165) is 30.0 Å². The van der Waals surface area contributed by atoms with Crippen molar-refractivity contribution in [3.63, 3.8) is 0 Å². The Bertz CT molecular complexity index is 782. The zero-order valence-electron chi connectivity index (χ0n) is 15.9. The number of aromatic nitrogens is 1. The van der Waals surface area contributed by atoms with Gasteiger partial charge in [0.25, 0.3) is 0 Å². The Morgan fingerprint density at radius 1 is 0.893 bits per heavy atom. The Kier molecular flexibility index (Phi) is 6.84. The molecule has 7 nitrogen and oxygen atoms in total. The zero-order chi connectivity index (χ0) is 19.8. The van der Waals surface area contributed by atoms with Gasteiger partial charge in [-0.25, -0.2) is 14.6 Å². The normalized spacial score (nSPS) is 14.2. The van der Waals surface area contributed by atoms with Crippen molar-refractivity contribution in [3.8, 4) is 0 Å². The van der Waals surface area contributed by atoms with Gasteiger partial charge in [0.15, 0.2) is 0 Å². The van der Waals surface area contributed by atoms with Crippen molar-refractivity contribution < 1.29 is 14.7 Å². The maximum atomic E-state index is 12.0. The maximum Gasteiger partial charge on any atom is 0.335 e. The van der Waals surface area contributed by atoms with E-state index in [4.69, 9.17) is 5.11 Å². The van der Waals surface area contributed by atoms with E-state index >= 15 is 0 Å². The average molecular weight is 382 g/mol. The van der Waals surface area contributed by atoms with Gasteiger partial charge in [-0.1, -0.05) is 31.0 Å². The number of nitrogens with one attached hydrogen (secondary N) is 2. The van der Waals surface area contributed by atoms with Crippen LogP contribution in [0.25, 0.3) is 0 Å². The highest BCUT2D eigenvalue weighted by Crippen LogP contribution is 2.17. The number of pyridine rings is 1. The fourth-order valence-electron chi connectivity index (χ4n) is 3.20. The third-order valence-electron chi connectivity index (χ3n) is 4.85. The van der Waals surface area contributed by atoms with E-state index in [1.165, 1.54) is 37.8 Å². The van der Waals surface area contributed by atoms with Crippen molar-refractivity contribution in [1.29, 1.82) is 0 Å². The summed E-state index contributed by atoms with van der Waals surface area (Å²) in [5.74, 6) is 0.0348. The van der Waals surface area contributed by atoms with Crippen LogP contribution in [0.1, 0.15) is 47.2 Å². The Morgan fingerprint density at radius 2 is 1.50 bits per heavy atom. The van der Waals surface area contributed by atoms with Crippen LogP contribution in [0, 0.1) is 0 Å². The number of carboxylic acids is 1. The minimum Gasteiger partial charge on any atom is -0.478 e. The summed E-state index contributed by atoms with van der Waals surface area (Å²) in [6.45, 7) is 2.84. The van der Waals surface area contributed by atoms with E-state index in [2.05, 4.69) is 20.5 Å². The van der Waals surface area contributed by atoms with Gasteiger partial charge < -0.3 is 20.6 Å². The molecule has 0 unspecified atom stereocenters. The number of carboxylic acid groups (broad SMARTS) is 1. The molecule has 0 saturated carbocycles. The van der Waals surface area contributed by atoms with Gasteiger partial charge in [0.1, 0.15) is 5.82 Å². The van der Waals surface area contributed by atoms with Crippen LogP contribution in [0.3, 0.4) is 0 Å². The van der Waals surface area contributed by atoms with Crippen molar-refractivity contribution >= 4 is 17.8 Å². The Balaban J connectivity index is 1.43. The number of aromatic carboxylic acids is 1. The van der Waals surface area contributed by atoms with Crippen LogP contribution in [0.4, 0.5) is 10.6 Å². The van der Waals surface area contributed by atoms with Crippen LogP contribution in [0.15, 0.2) is 42.6 Å². The lowest BCUT2D eigenvalue weighted by Crippen LogP contribution is -2.34. The molecule has 0 atom stereocenters. The monoisotopic (exact) mass is 382 g/mol. The summed E-state index contributed by atoms with van der Waals surface area (Å²) in [5.41, 5.74) is 2.01. The maximum absolute atomic E-state index is 12.0. The minimum atomic E-state index is -0.965. The predicted molar refractivity (Wildman–Crippen MR) is 107 cm³/mol. The highest BCUT2D eigenvalue weighted by Gasteiger charge is 2.11. The highest BCUT2D eigenvalue weighted by molar-refractivity contribution is 5.87. The Hall–Kier alpha value is -3.09. The second kappa shape index (κ2) is 9.73. The number of rotatable bonds is 6. The van der Waals surface area contributed by atoms with Gasteiger partial charge in [-0.3, -0.25) is 0 Å². The first-order chi connectivity index (χ1) is 13.6. The molecule has 0 aliphatic carbocycles.